The third-order valence-corrected chi connectivity index (χ3v) is 4.54. The van der Waals surface area contributed by atoms with Crippen LogP contribution in [0.4, 0.5) is 5.69 Å². The van der Waals surface area contributed by atoms with Gasteiger partial charge in [0.1, 0.15) is 0 Å². The van der Waals surface area contributed by atoms with Crippen molar-refractivity contribution >= 4 is 44.6 Å². The fourth-order valence-electron chi connectivity index (χ4n) is 1.51. The molecule has 2 nitrogen and oxygen atoms in total. The number of rotatable bonds is 3. The molecule has 5 heteroatoms. The molecule has 1 atom stereocenters. The number of aryl methyl sites for hydroxylation is 1. The summed E-state index contributed by atoms with van der Waals surface area (Å²) in [6.07, 6.45) is 1.76. The zero-order chi connectivity index (χ0) is 12.4. The first-order valence-electron chi connectivity index (χ1n) is 5.19. The average molecular weight is 332 g/mol. The zero-order valence-electron chi connectivity index (χ0n) is 9.50. The number of nitrogens with one attached hydrogen (secondary N) is 1. The third-order valence-electron chi connectivity index (χ3n) is 2.36. The van der Waals surface area contributed by atoms with Crippen molar-refractivity contribution in [1.29, 1.82) is 0 Å². The molecule has 0 aliphatic heterocycles. The highest BCUT2D eigenvalue weighted by atomic mass is 79.9. The Kier molecular flexibility index (Phi) is 4.07. The van der Waals surface area contributed by atoms with E-state index in [4.69, 9.17) is 11.6 Å². The highest BCUT2D eigenvalue weighted by Crippen LogP contribution is 2.30. The summed E-state index contributed by atoms with van der Waals surface area (Å²) in [6, 6.07) is 4.33. The number of halogens is 2. The molecule has 0 amide bonds. The van der Waals surface area contributed by atoms with Crippen LogP contribution >= 0.6 is 38.9 Å². The number of hydrogen-bond acceptors (Lipinski definition) is 3. The number of hydrogen-bond donors (Lipinski definition) is 1. The smallest absolute Gasteiger partial charge is 0.152 e. The van der Waals surface area contributed by atoms with E-state index >= 15 is 0 Å². The van der Waals surface area contributed by atoms with Gasteiger partial charge in [-0.15, -0.1) is 11.3 Å². The average Bonchev–Trinajstić information content (AvgIpc) is 2.70. The lowest BCUT2D eigenvalue weighted by molar-refractivity contribution is 0.905. The van der Waals surface area contributed by atoms with Gasteiger partial charge in [-0.1, -0.05) is 11.6 Å². The summed E-state index contributed by atoms with van der Waals surface area (Å²) in [7, 11) is 0. The van der Waals surface area contributed by atoms with Crippen molar-refractivity contribution in [1.82, 2.24) is 4.98 Å². The molecule has 0 saturated carbocycles. The molecule has 0 aliphatic rings. The molecule has 1 N–H and O–H groups in total. The van der Waals surface area contributed by atoms with Crippen molar-refractivity contribution < 1.29 is 0 Å². The van der Waals surface area contributed by atoms with Crippen molar-refractivity contribution in [3.05, 3.63) is 43.8 Å². The van der Waals surface area contributed by atoms with Crippen LogP contribution in [0.5, 0.6) is 0 Å². The lowest BCUT2D eigenvalue weighted by Gasteiger charge is -2.14. The number of thiophene rings is 1. The van der Waals surface area contributed by atoms with E-state index in [2.05, 4.69) is 44.6 Å². The lowest BCUT2D eigenvalue weighted by Crippen LogP contribution is -2.06. The normalized spacial score (nSPS) is 12.5. The molecule has 2 aromatic heterocycles. The van der Waals surface area contributed by atoms with Gasteiger partial charge in [0, 0.05) is 20.9 Å². The van der Waals surface area contributed by atoms with Gasteiger partial charge >= 0.3 is 0 Å². The Bertz CT molecular complexity index is 527. The van der Waals surface area contributed by atoms with Crippen LogP contribution in [0.2, 0.25) is 5.15 Å². The first-order valence-corrected chi connectivity index (χ1v) is 7.24. The number of nitrogens with zero attached hydrogens (tertiary/aromatic N) is 1. The van der Waals surface area contributed by atoms with Crippen LogP contribution in [0, 0.1) is 6.92 Å². The Morgan fingerprint density at radius 2 is 2.24 bits per heavy atom. The van der Waals surface area contributed by atoms with E-state index < -0.39 is 0 Å². The molecular weight excluding hydrogens is 320 g/mol. The summed E-state index contributed by atoms with van der Waals surface area (Å²) >= 11 is 11.2. The first kappa shape index (κ1) is 12.9. The van der Waals surface area contributed by atoms with Crippen molar-refractivity contribution in [2.24, 2.45) is 0 Å². The van der Waals surface area contributed by atoms with Crippen LogP contribution < -0.4 is 5.32 Å². The van der Waals surface area contributed by atoms with E-state index in [1.807, 2.05) is 13.0 Å². The first-order chi connectivity index (χ1) is 8.06. The van der Waals surface area contributed by atoms with Crippen molar-refractivity contribution in [3.8, 4) is 0 Å². The fourth-order valence-corrected chi connectivity index (χ4v) is 3.12. The monoisotopic (exact) mass is 330 g/mol. The molecule has 0 aliphatic carbocycles. The Hall–Kier alpha value is -0.580. The molecule has 0 bridgehead atoms. The fraction of sp³-hybridized carbons (Fsp3) is 0.250. The van der Waals surface area contributed by atoms with E-state index in [1.165, 1.54) is 4.88 Å². The van der Waals surface area contributed by atoms with Gasteiger partial charge in [0.15, 0.2) is 5.15 Å². The largest absolute Gasteiger partial charge is 0.375 e. The predicted octanol–water partition coefficient (Wildman–Crippen LogP) is 5.04. The predicted molar refractivity (Wildman–Crippen MR) is 78.0 cm³/mol. The van der Waals surface area contributed by atoms with Crippen LogP contribution in [0.15, 0.2) is 28.2 Å². The SMILES string of the molecule is Cc1cnc(Cl)c(NC(C)c2cc(Br)cs2)c1. The van der Waals surface area contributed by atoms with Crippen LogP contribution in [0.3, 0.4) is 0 Å². The van der Waals surface area contributed by atoms with Gasteiger partial charge in [0.25, 0.3) is 0 Å². The van der Waals surface area contributed by atoms with E-state index in [0.717, 1.165) is 15.7 Å². The van der Waals surface area contributed by atoms with E-state index in [1.54, 1.807) is 17.5 Å². The summed E-state index contributed by atoms with van der Waals surface area (Å²) in [5.41, 5.74) is 1.97. The highest BCUT2D eigenvalue weighted by Gasteiger charge is 2.10. The summed E-state index contributed by atoms with van der Waals surface area (Å²) in [5.74, 6) is 0. The van der Waals surface area contributed by atoms with Crippen LogP contribution in [0.25, 0.3) is 0 Å². The maximum Gasteiger partial charge on any atom is 0.152 e. The number of pyridine rings is 1. The second-order valence-corrected chi connectivity index (χ2v) is 6.10. The molecule has 1 unspecified atom stereocenters. The summed E-state index contributed by atoms with van der Waals surface area (Å²) in [4.78, 5) is 5.39. The Balaban J connectivity index is 2.18. The molecule has 2 aromatic rings. The van der Waals surface area contributed by atoms with E-state index in [-0.39, 0.29) is 6.04 Å². The highest BCUT2D eigenvalue weighted by molar-refractivity contribution is 9.10. The minimum Gasteiger partial charge on any atom is -0.375 e. The second kappa shape index (κ2) is 5.38. The Labute approximate surface area is 118 Å². The van der Waals surface area contributed by atoms with Gasteiger partial charge < -0.3 is 5.32 Å². The van der Waals surface area contributed by atoms with E-state index in [0.29, 0.717) is 5.15 Å². The number of aromatic nitrogens is 1. The molecule has 90 valence electrons. The molecule has 0 spiro atoms. The minimum atomic E-state index is 0.215. The van der Waals surface area contributed by atoms with E-state index in [9.17, 15) is 0 Å². The topological polar surface area (TPSA) is 24.9 Å². The summed E-state index contributed by atoms with van der Waals surface area (Å²) in [5, 5.41) is 5.96. The standard InChI is InChI=1S/C12H12BrClN2S/c1-7-3-10(12(14)15-5-7)16-8(2)11-4-9(13)6-17-11/h3-6,8,16H,1-2H3. The molecule has 0 fully saturated rings. The quantitative estimate of drug-likeness (QED) is 0.797. The van der Waals surface area contributed by atoms with Crippen LogP contribution in [-0.4, -0.2) is 4.98 Å². The summed E-state index contributed by atoms with van der Waals surface area (Å²) in [6.45, 7) is 4.11. The van der Waals surface area contributed by atoms with Gasteiger partial charge in [-0.25, -0.2) is 4.98 Å². The van der Waals surface area contributed by atoms with Gasteiger partial charge in [0.05, 0.1) is 11.7 Å². The Morgan fingerprint density at radius 3 is 2.88 bits per heavy atom. The Morgan fingerprint density at radius 1 is 1.47 bits per heavy atom. The van der Waals surface area contributed by atoms with Gasteiger partial charge in [-0.3, -0.25) is 0 Å². The molecule has 0 saturated heterocycles. The van der Waals surface area contributed by atoms with Crippen LogP contribution in [0.1, 0.15) is 23.4 Å². The minimum absolute atomic E-state index is 0.215. The molecule has 17 heavy (non-hydrogen) atoms. The second-order valence-electron chi connectivity index (χ2n) is 3.88. The molecule has 0 radical (unpaired) electrons. The molecule has 2 rings (SSSR count). The summed E-state index contributed by atoms with van der Waals surface area (Å²) < 4.78 is 1.11. The molecular formula is C12H12BrClN2S. The van der Waals surface area contributed by atoms with Crippen LogP contribution in [-0.2, 0) is 0 Å². The van der Waals surface area contributed by atoms with Crippen molar-refractivity contribution in [3.63, 3.8) is 0 Å². The van der Waals surface area contributed by atoms with Gasteiger partial charge in [-0.2, -0.15) is 0 Å². The maximum atomic E-state index is 6.05. The molecule has 0 aromatic carbocycles. The lowest BCUT2D eigenvalue weighted by atomic mass is 10.2. The third kappa shape index (κ3) is 3.21. The van der Waals surface area contributed by atoms with Crippen molar-refractivity contribution in [2.75, 3.05) is 5.32 Å². The van der Waals surface area contributed by atoms with Gasteiger partial charge in [-0.05, 0) is 47.5 Å². The number of anilines is 1. The van der Waals surface area contributed by atoms with Crippen molar-refractivity contribution in [2.45, 2.75) is 19.9 Å². The molecule has 2 heterocycles. The van der Waals surface area contributed by atoms with Gasteiger partial charge in [0.2, 0.25) is 0 Å². The maximum absolute atomic E-state index is 6.05. The zero-order valence-corrected chi connectivity index (χ0v) is 12.7.